The number of hydrogen-bond acceptors (Lipinski definition) is 3. The largest absolute Gasteiger partial charge is 0.495 e. The normalized spacial score (nSPS) is 12.0. The van der Waals surface area contributed by atoms with Gasteiger partial charge in [-0.05, 0) is 34.5 Å². The van der Waals surface area contributed by atoms with Crippen LogP contribution in [0.5, 0.6) is 5.75 Å². The van der Waals surface area contributed by atoms with Gasteiger partial charge in [-0.25, -0.2) is 0 Å². The van der Waals surface area contributed by atoms with Gasteiger partial charge in [-0.2, -0.15) is 0 Å². The highest BCUT2D eigenvalue weighted by Crippen LogP contribution is 2.27. The fourth-order valence-corrected chi connectivity index (χ4v) is 1.74. The summed E-state index contributed by atoms with van der Waals surface area (Å²) in [6.07, 6.45) is 1.12. The molecule has 0 heterocycles. The predicted molar refractivity (Wildman–Crippen MR) is 72.2 cm³/mol. The van der Waals surface area contributed by atoms with Crippen molar-refractivity contribution in [3.8, 4) is 5.75 Å². The van der Waals surface area contributed by atoms with Crippen molar-refractivity contribution in [3.63, 3.8) is 0 Å². The van der Waals surface area contributed by atoms with Crippen LogP contribution >= 0.6 is 15.9 Å². The van der Waals surface area contributed by atoms with Gasteiger partial charge in [-0.15, -0.1) is 0 Å². The lowest BCUT2D eigenvalue weighted by atomic mass is 10.1. The molecule has 4 nitrogen and oxygen atoms in total. The third-order valence-electron chi connectivity index (χ3n) is 2.41. The van der Waals surface area contributed by atoms with Crippen LogP contribution in [0.2, 0.25) is 0 Å². The van der Waals surface area contributed by atoms with Crippen LogP contribution in [0.15, 0.2) is 22.7 Å². The van der Waals surface area contributed by atoms with Gasteiger partial charge >= 0.3 is 0 Å². The maximum atomic E-state index is 11.6. The van der Waals surface area contributed by atoms with E-state index in [0.717, 1.165) is 10.9 Å². The van der Waals surface area contributed by atoms with Crippen molar-refractivity contribution >= 4 is 27.5 Å². The van der Waals surface area contributed by atoms with Gasteiger partial charge in [0.1, 0.15) is 5.75 Å². The molecular formula is C12H17BrN2O2. The molecule has 0 spiro atoms. The molecule has 0 radical (unpaired) electrons. The summed E-state index contributed by atoms with van der Waals surface area (Å²) >= 11 is 3.35. The fraction of sp³-hybridized carbons (Fsp3) is 0.417. The highest BCUT2D eigenvalue weighted by atomic mass is 79.9. The summed E-state index contributed by atoms with van der Waals surface area (Å²) in [7, 11) is 1.58. The van der Waals surface area contributed by atoms with Gasteiger partial charge in [0.05, 0.1) is 11.6 Å². The third-order valence-corrected chi connectivity index (χ3v) is 3.06. The number of methoxy groups -OCH3 is 1. The van der Waals surface area contributed by atoms with Crippen molar-refractivity contribution < 1.29 is 9.53 Å². The third kappa shape index (κ3) is 4.36. The van der Waals surface area contributed by atoms with E-state index in [-0.39, 0.29) is 11.9 Å². The van der Waals surface area contributed by atoms with Crippen LogP contribution in [-0.4, -0.2) is 19.1 Å². The minimum absolute atomic E-state index is 0.0799. The van der Waals surface area contributed by atoms with Crippen molar-refractivity contribution in [2.45, 2.75) is 25.8 Å². The Balaban J connectivity index is 2.65. The molecule has 1 unspecified atom stereocenters. The van der Waals surface area contributed by atoms with Gasteiger partial charge in [-0.1, -0.05) is 6.92 Å². The van der Waals surface area contributed by atoms with E-state index in [1.165, 1.54) is 0 Å². The Morgan fingerprint density at radius 1 is 1.59 bits per heavy atom. The van der Waals surface area contributed by atoms with E-state index < -0.39 is 0 Å². The van der Waals surface area contributed by atoms with Gasteiger partial charge in [-0.3, -0.25) is 4.79 Å². The zero-order valence-corrected chi connectivity index (χ0v) is 11.6. The van der Waals surface area contributed by atoms with Crippen molar-refractivity contribution in [1.82, 2.24) is 0 Å². The van der Waals surface area contributed by atoms with Crippen molar-refractivity contribution in [2.24, 2.45) is 5.73 Å². The van der Waals surface area contributed by atoms with Crippen LogP contribution in [0.1, 0.15) is 19.8 Å². The molecule has 0 aromatic heterocycles. The first-order chi connectivity index (χ1) is 8.06. The number of hydrogen-bond donors (Lipinski definition) is 2. The number of carbonyl (C=O) groups is 1. The zero-order valence-electron chi connectivity index (χ0n) is 10.00. The highest BCUT2D eigenvalue weighted by molar-refractivity contribution is 9.10. The minimum Gasteiger partial charge on any atom is -0.495 e. The summed E-state index contributed by atoms with van der Waals surface area (Å²) in [4.78, 5) is 11.6. The van der Waals surface area contributed by atoms with Crippen molar-refractivity contribution in [2.75, 3.05) is 12.4 Å². The van der Waals surface area contributed by atoms with E-state index in [1.807, 2.05) is 19.1 Å². The molecule has 1 rings (SSSR count). The number of anilines is 1. The van der Waals surface area contributed by atoms with Crippen LogP contribution in [0.25, 0.3) is 0 Å². The lowest BCUT2D eigenvalue weighted by Crippen LogP contribution is -2.26. The molecule has 1 aromatic carbocycles. The first-order valence-corrected chi connectivity index (χ1v) is 6.25. The fourth-order valence-electron chi connectivity index (χ4n) is 1.33. The van der Waals surface area contributed by atoms with E-state index in [4.69, 9.17) is 10.5 Å². The molecule has 5 heteroatoms. The van der Waals surface area contributed by atoms with E-state index in [2.05, 4.69) is 21.2 Å². The topological polar surface area (TPSA) is 64.4 Å². The van der Waals surface area contributed by atoms with E-state index >= 15 is 0 Å². The molecule has 0 aliphatic heterocycles. The number of rotatable bonds is 5. The molecule has 0 saturated carbocycles. The Hall–Kier alpha value is -1.07. The Morgan fingerprint density at radius 3 is 2.88 bits per heavy atom. The molecule has 0 aliphatic rings. The average Bonchev–Trinajstić information content (AvgIpc) is 2.31. The lowest BCUT2D eigenvalue weighted by Gasteiger charge is -2.11. The molecule has 94 valence electrons. The molecule has 0 aliphatic carbocycles. The van der Waals surface area contributed by atoms with Crippen molar-refractivity contribution in [1.29, 1.82) is 0 Å². The molecule has 0 fully saturated rings. The number of nitrogens with one attached hydrogen (secondary N) is 1. The zero-order chi connectivity index (χ0) is 12.8. The Labute approximate surface area is 110 Å². The first-order valence-electron chi connectivity index (χ1n) is 5.45. The van der Waals surface area contributed by atoms with Gasteiger partial charge < -0.3 is 15.8 Å². The quantitative estimate of drug-likeness (QED) is 0.878. The van der Waals surface area contributed by atoms with Gasteiger partial charge in [0.25, 0.3) is 0 Å². The lowest BCUT2D eigenvalue weighted by molar-refractivity contribution is -0.116. The summed E-state index contributed by atoms with van der Waals surface area (Å²) in [6.45, 7) is 1.96. The Kier molecular flexibility index (Phi) is 5.44. The van der Waals surface area contributed by atoms with Crippen LogP contribution in [0, 0.1) is 0 Å². The minimum atomic E-state index is -0.0904. The molecule has 0 saturated heterocycles. The Morgan fingerprint density at radius 2 is 2.29 bits per heavy atom. The van der Waals surface area contributed by atoms with E-state index in [0.29, 0.717) is 17.9 Å². The van der Waals surface area contributed by atoms with E-state index in [9.17, 15) is 4.79 Å². The van der Waals surface area contributed by atoms with Gasteiger partial charge in [0.15, 0.2) is 0 Å². The van der Waals surface area contributed by atoms with E-state index in [1.54, 1.807) is 13.2 Å². The second-order valence-electron chi connectivity index (χ2n) is 3.77. The predicted octanol–water partition coefficient (Wildman–Crippen LogP) is 2.52. The molecule has 17 heavy (non-hydrogen) atoms. The van der Waals surface area contributed by atoms with Crippen LogP contribution in [0.4, 0.5) is 5.69 Å². The number of amides is 1. The maximum absolute atomic E-state index is 11.6. The SMILES string of the molecule is CCC(N)CC(=O)Nc1ccc(Br)c(OC)c1. The number of benzene rings is 1. The molecule has 3 N–H and O–H groups in total. The molecule has 1 amide bonds. The molecule has 1 atom stereocenters. The maximum Gasteiger partial charge on any atom is 0.225 e. The molecule has 0 bridgehead atoms. The Bertz CT molecular complexity index is 396. The van der Waals surface area contributed by atoms with Crippen LogP contribution in [-0.2, 0) is 4.79 Å². The van der Waals surface area contributed by atoms with Crippen molar-refractivity contribution in [3.05, 3.63) is 22.7 Å². The number of halogens is 1. The van der Waals surface area contributed by atoms with Crippen LogP contribution in [0.3, 0.4) is 0 Å². The monoisotopic (exact) mass is 300 g/mol. The molecular weight excluding hydrogens is 284 g/mol. The smallest absolute Gasteiger partial charge is 0.225 e. The second-order valence-corrected chi connectivity index (χ2v) is 4.62. The summed E-state index contributed by atoms with van der Waals surface area (Å²) in [5.41, 5.74) is 6.42. The second kappa shape index (κ2) is 6.61. The summed E-state index contributed by atoms with van der Waals surface area (Å²) < 4.78 is 6.00. The molecule has 1 aromatic rings. The highest BCUT2D eigenvalue weighted by Gasteiger charge is 2.09. The van der Waals surface area contributed by atoms with Gasteiger partial charge in [0.2, 0.25) is 5.91 Å². The average molecular weight is 301 g/mol. The summed E-state index contributed by atoms with van der Waals surface area (Å²) in [5.74, 6) is 0.603. The first kappa shape index (κ1) is 14.0. The van der Waals surface area contributed by atoms with Gasteiger partial charge in [0, 0.05) is 24.2 Å². The number of ether oxygens (including phenoxy) is 1. The summed E-state index contributed by atoms with van der Waals surface area (Å²) in [5, 5.41) is 2.79. The van der Waals surface area contributed by atoms with Crippen LogP contribution < -0.4 is 15.8 Å². The summed E-state index contributed by atoms with van der Waals surface area (Å²) in [6, 6.07) is 5.31. The standard InChI is InChI=1S/C12H17BrN2O2/c1-3-8(14)6-12(16)15-9-4-5-10(13)11(7-9)17-2/h4-5,7-8H,3,6,14H2,1-2H3,(H,15,16). The number of carbonyl (C=O) groups excluding carboxylic acids is 1. The number of nitrogens with two attached hydrogens (primary N) is 1.